The van der Waals surface area contributed by atoms with Crippen LogP contribution in [0.25, 0.3) is 10.9 Å². The van der Waals surface area contributed by atoms with E-state index in [1.54, 1.807) is 23.1 Å². The second-order valence-electron chi connectivity index (χ2n) is 8.87. The molecule has 2 aliphatic rings. The van der Waals surface area contributed by atoms with Gasteiger partial charge in [0.1, 0.15) is 5.82 Å². The van der Waals surface area contributed by atoms with Crippen molar-refractivity contribution in [3.63, 3.8) is 0 Å². The Kier molecular flexibility index (Phi) is 4.83. The van der Waals surface area contributed by atoms with Gasteiger partial charge in [-0.05, 0) is 80.0 Å². The lowest BCUT2D eigenvalue weighted by atomic mass is 10.1. The monoisotopic (exact) mass is 440 g/mol. The maximum atomic E-state index is 13.5. The number of pyridine rings is 2. The van der Waals surface area contributed by atoms with Crippen LogP contribution in [0.15, 0.2) is 42.6 Å². The van der Waals surface area contributed by atoms with E-state index in [-0.39, 0.29) is 18.5 Å². The summed E-state index contributed by atoms with van der Waals surface area (Å²) in [5, 5.41) is 0.824. The van der Waals surface area contributed by atoms with Crippen LogP contribution in [0, 0.1) is 18.8 Å². The molecule has 166 valence electrons. The van der Waals surface area contributed by atoms with E-state index in [4.69, 9.17) is 5.73 Å². The number of benzene rings is 1. The SMILES string of the molecule is Cc1cc2cc(C(=O)N(Cc3ccc(C(F)(F)F)cn3)[C@@H]3C[C@H]3C3CC3)ccc2nc1N. The molecule has 0 saturated heterocycles. The topological polar surface area (TPSA) is 72.1 Å². The molecule has 2 heterocycles. The van der Waals surface area contributed by atoms with Crippen LogP contribution >= 0.6 is 0 Å². The van der Waals surface area contributed by atoms with Crippen LogP contribution < -0.4 is 5.73 Å². The summed E-state index contributed by atoms with van der Waals surface area (Å²) in [6.07, 6.45) is -0.302. The van der Waals surface area contributed by atoms with Gasteiger partial charge in [0.05, 0.1) is 23.3 Å². The molecule has 2 fully saturated rings. The lowest BCUT2D eigenvalue weighted by molar-refractivity contribution is -0.137. The van der Waals surface area contributed by atoms with E-state index < -0.39 is 11.7 Å². The van der Waals surface area contributed by atoms with E-state index in [0.29, 0.717) is 34.4 Å². The van der Waals surface area contributed by atoms with Crippen LogP contribution in [0.3, 0.4) is 0 Å². The van der Waals surface area contributed by atoms with Gasteiger partial charge in [0, 0.05) is 23.2 Å². The Balaban J connectivity index is 1.43. The van der Waals surface area contributed by atoms with Gasteiger partial charge in [-0.2, -0.15) is 13.2 Å². The molecule has 3 aromatic rings. The highest BCUT2D eigenvalue weighted by molar-refractivity contribution is 5.98. The molecule has 32 heavy (non-hydrogen) atoms. The van der Waals surface area contributed by atoms with Crippen LogP contribution in [0.1, 0.15) is 46.4 Å². The molecule has 2 atom stereocenters. The van der Waals surface area contributed by atoms with E-state index in [9.17, 15) is 18.0 Å². The molecule has 1 amide bonds. The summed E-state index contributed by atoms with van der Waals surface area (Å²) in [7, 11) is 0. The second-order valence-corrected chi connectivity index (χ2v) is 8.87. The number of carbonyl (C=O) groups is 1. The number of aromatic nitrogens is 2. The van der Waals surface area contributed by atoms with E-state index in [2.05, 4.69) is 9.97 Å². The lowest BCUT2D eigenvalue weighted by Crippen LogP contribution is -2.34. The molecule has 2 N–H and O–H groups in total. The van der Waals surface area contributed by atoms with Crippen molar-refractivity contribution < 1.29 is 18.0 Å². The van der Waals surface area contributed by atoms with Crippen molar-refractivity contribution in [3.8, 4) is 0 Å². The van der Waals surface area contributed by atoms with Gasteiger partial charge in [-0.1, -0.05) is 0 Å². The van der Waals surface area contributed by atoms with Crippen LogP contribution in [0.2, 0.25) is 0 Å². The zero-order chi connectivity index (χ0) is 22.6. The number of aryl methyl sites for hydroxylation is 1. The maximum Gasteiger partial charge on any atom is 0.417 e. The summed E-state index contributed by atoms with van der Waals surface area (Å²) in [6.45, 7) is 2.05. The average Bonchev–Trinajstić information content (AvgIpc) is 3.65. The molecule has 0 radical (unpaired) electrons. The van der Waals surface area contributed by atoms with Gasteiger partial charge in [0.25, 0.3) is 5.91 Å². The predicted molar refractivity (Wildman–Crippen MR) is 115 cm³/mol. The van der Waals surface area contributed by atoms with Crippen molar-refractivity contribution >= 4 is 22.6 Å². The van der Waals surface area contributed by atoms with Gasteiger partial charge in [0.2, 0.25) is 0 Å². The third-order valence-electron chi connectivity index (χ3n) is 6.47. The van der Waals surface area contributed by atoms with E-state index in [1.807, 2.05) is 13.0 Å². The second kappa shape index (κ2) is 7.46. The quantitative estimate of drug-likeness (QED) is 0.607. The number of fused-ring (bicyclic) bond motifs is 1. The normalized spacial score (nSPS) is 20.4. The fraction of sp³-hybridized carbons (Fsp3) is 0.375. The molecule has 2 aliphatic carbocycles. The van der Waals surface area contributed by atoms with Gasteiger partial charge >= 0.3 is 6.18 Å². The molecule has 2 aromatic heterocycles. The van der Waals surface area contributed by atoms with Crippen molar-refractivity contribution in [1.82, 2.24) is 14.9 Å². The Bertz CT molecular complexity index is 1190. The number of rotatable bonds is 5. The van der Waals surface area contributed by atoms with Crippen LogP contribution in [0.4, 0.5) is 19.0 Å². The number of hydrogen-bond acceptors (Lipinski definition) is 4. The van der Waals surface area contributed by atoms with E-state index in [0.717, 1.165) is 29.6 Å². The van der Waals surface area contributed by atoms with Crippen molar-refractivity contribution in [3.05, 3.63) is 65.0 Å². The summed E-state index contributed by atoms with van der Waals surface area (Å²) in [5.74, 6) is 1.44. The van der Waals surface area contributed by atoms with E-state index in [1.165, 1.54) is 18.9 Å². The largest absolute Gasteiger partial charge is 0.417 e. The maximum absolute atomic E-state index is 13.5. The summed E-state index contributed by atoms with van der Waals surface area (Å²) in [4.78, 5) is 23.6. The number of anilines is 1. The molecule has 5 rings (SSSR count). The minimum atomic E-state index is -4.44. The standard InChI is InChI=1S/C24H23F3N4O/c1-13-8-16-9-15(4-7-20(16)30-22(13)28)23(32)31(21-10-19(21)14-2-3-14)12-18-6-5-17(11-29-18)24(25,26)27/h4-9,11,14,19,21H,2-3,10,12H2,1H3,(H2,28,30)/t19-,21+/m0/s1. The van der Waals surface area contributed by atoms with Crippen molar-refractivity contribution in [2.75, 3.05) is 5.73 Å². The molecule has 8 heteroatoms. The first-order valence-corrected chi connectivity index (χ1v) is 10.7. The molecule has 0 aliphatic heterocycles. The number of halogens is 3. The number of nitrogens with two attached hydrogens (primary N) is 1. The smallest absolute Gasteiger partial charge is 0.383 e. The van der Waals surface area contributed by atoms with Crippen LogP contribution in [0.5, 0.6) is 0 Å². The molecular formula is C24H23F3N4O. The number of amides is 1. The Hall–Kier alpha value is -3.16. The molecule has 0 spiro atoms. The first-order valence-electron chi connectivity index (χ1n) is 10.7. The Morgan fingerprint density at radius 1 is 1.19 bits per heavy atom. The summed E-state index contributed by atoms with van der Waals surface area (Å²) in [5.41, 5.74) is 7.61. The van der Waals surface area contributed by atoms with Gasteiger partial charge in [-0.3, -0.25) is 9.78 Å². The van der Waals surface area contributed by atoms with Gasteiger partial charge in [0.15, 0.2) is 0 Å². The van der Waals surface area contributed by atoms with Crippen molar-refractivity contribution in [2.24, 2.45) is 11.8 Å². The zero-order valence-corrected chi connectivity index (χ0v) is 17.6. The molecule has 2 saturated carbocycles. The first kappa shape index (κ1) is 20.7. The number of hydrogen-bond donors (Lipinski definition) is 1. The Labute approximate surface area is 183 Å². The van der Waals surface area contributed by atoms with Crippen molar-refractivity contribution in [2.45, 2.75) is 44.9 Å². The third kappa shape index (κ3) is 4.01. The number of nitrogen functional groups attached to an aromatic ring is 1. The summed E-state index contributed by atoms with van der Waals surface area (Å²) < 4.78 is 38.6. The average molecular weight is 440 g/mol. The summed E-state index contributed by atoms with van der Waals surface area (Å²) in [6, 6.07) is 9.69. The number of carbonyl (C=O) groups excluding carboxylic acids is 1. The van der Waals surface area contributed by atoms with Crippen LogP contribution in [-0.4, -0.2) is 26.8 Å². The van der Waals surface area contributed by atoms with Crippen LogP contribution in [-0.2, 0) is 12.7 Å². The fourth-order valence-corrected chi connectivity index (χ4v) is 4.39. The number of nitrogens with zero attached hydrogens (tertiary/aromatic N) is 3. The lowest BCUT2D eigenvalue weighted by Gasteiger charge is -2.23. The van der Waals surface area contributed by atoms with Gasteiger partial charge in [-0.15, -0.1) is 0 Å². The van der Waals surface area contributed by atoms with E-state index >= 15 is 0 Å². The molecule has 0 bridgehead atoms. The third-order valence-corrected chi connectivity index (χ3v) is 6.47. The molecular weight excluding hydrogens is 417 g/mol. The summed E-state index contributed by atoms with van der Waals surface area (Å²) >= 11 is 0. The van der Waals surface area contributed by atoms with Gasteiger partial charge < -0.3 is 10.6 Å². The first-order chi connectivity index (χ1) is 15.2. The Morgan fingerprint density at radius 3 is 2.62 bits per heavy atom. The minimum absolute atomic E-state index is 0.0982. The number of alkyl halides is 3. The zero-order valence-electron chi connectivity index (χ0n) is 17.6. The fourth-order valence-electron chi connectivity index (χ4n) is 4.39. The van der Waals surface area contributed by atoms with Gasteiger partial charge in [-0.25, -0.2) is 4.98 Å². The highest BCUT2D eigenvalue weighted by atomic mass is 19.4. The molecule has 1 aromatic carbocycles. The minimum Gasteiger partial charge on any atom is -0.383 e. The predicted octanol–water partition coefficient (Wildman–Crippen LogP) is 4.98. The Morgan fingerprint density at radius 2 is 1.97 bits per heavy atom. The van der Waals surface area contributed by atoms with Crippen molar-refractivity contribution in [1.29, 1.82) is 0 Å². The highest BCUT2D eigenvalue weighted by Crippen LogP contribution is 2.52. The molecule has 0 unspecified atom stereocenters. The molecule has 5 nitrogen and oxygen atoms in total. The highest BCUT2D eigenvalue weighted by Gasteiger charge is 2.51.